The molecule has 1 aromatic carbocycles. The zero-order valence-corrected chi connectivity index (χ0v) is 12.0. The number of hydrogen-bond acceptors (Lipinski definition) is 5. The van der Waals surface area contributed by atoms with E-state index in [9.17, 15) is 4.79 Å². The SMILES string of the molecule is COC(=O)c1cc(OC)c(OCCCCl)c(OC)c1. The van der Waals surface area contributed by atoms with E-state index < -0.39 is 5.97 Å². The molecule has 5 nitrogen and oxygen atoms in total. The molecule has 0 heterocycles. The van der Waals surface area contributed by atoms with Crippen LogP contribution in [0.15, 0.2) is 12.1 Å². The first-order valence-corrected chi connectivity index (χ1v) is 6.24. The lowest BCUT2D eigenvalue weighted by molar-refractivity contribution is 0.0599. The van der Waals surface area contributed by atoms with Gasteiger partial charge < -0.3 is 18.9 Å². The maximum absolute atomic E-state index is 11.5. The van der Waals surface area contributed by atoms with Crippen LogP contribution in [0.25, 0.3) is 0 Å². The van der Waals surface area contributed by atoms with Crippen molar-refractivity contribution in [3.8, 4) is 17.2 Å². The molecular formula is C13H17ClO5. The van der Waals surface area contributed by atoms with Crippen molar-refractivity contribution in [1.29, 1.82) is 0 Å². The van der Waals surface area contributed by atoms with Crippen molar-refractivity contribution in [2.75, 3.05) is 33.8 Å². The summed E-state index contributed by atoms with van der Waals surface area (Å²) in [6.45, 7) is 0.438. The molecule has 0 aliphatic rings. The molecule has 0 amide bonds. The van der Waals surface area contributed by atoms with Crippen LogP contribution in [0, 0.1) is 0 Å². The predicted molar refractivity (Wildman–Crippen MR) is 71.7 cm³/mol. The molecule has 0 unspecified atom stereocenters. The zero-order valence-electron chi connectivity index (χ0n) is 11.2. The van der Waals surface area contributed by atoms with Crippen molar-refractivity contribution >= 4 is 17.6 Å². The quantitative estimate of drug-likeness (QED) is 0.438. The number of carbonyl (C=O) groups is 1. The minimum Gasteiger partial charge on any atom is -0.493 e. The number of halogens is 1. The highest BCUT2D eigenvalue weighted by atomic mass is 35.5. The summed E-state index contributed by atoms with van der Waals surface area (Å²) < 4.78 is 20.7. The standard InChI is InChI=1S/C13H17ClO5/c1-16-10-7-9(13(15)18-3)8-11(17-2)12(10)19-6-4-5-14/h7-8H,4-6H2,1-3H3. The van der Waals surface area contributed by atoms with E-state index in [-0.39, 0.29) is 0 Å². The van der Waals surface area contributed by atoms with E-state index >= 15 is 0 Å². The topological polar surface area (TPSA) is 54.0 Å². The normalized spacial score (nSPS) is 9.89. The fourth-order valence-corrected chi connectivity index (χ4v) is 1.60. The van der Waals surface area contributed by atoms with Gasteiger partial charge in [0.05, 0.1) is 33.5 Å². The number of methoxy groups -OCH3 is 3. The predicted octanol–water partition coefficient (Wildman–Crippen LogP) is 2.50. The van der Waals surface area contributed by atoms with E-state index in [2.05, 4.69) is 4.74 Å². The van der Waals surface area contributed by atoms with Gasteiger partial charge in [0.25, 0.3) is 0 Å². The van der Waals surface area contributed by atoms with Crippen LogP contribution in [0.1, 0.15) is 16.8 Å². The van der Waals surface area contributed by atoms with Crippen molar-refractivity contribution in [2.24, 2.45) is 0 Å². The van der Waals surface area contributed by atoms with E-state index in [1.807, 2.05) is 0 Å². The monoisotopic (exact) mass is 288 g/mol. The molecule has 0 saturated heterocycles. The van der Waals surface area contributed by atoms with E-state index in [0.29, 0.717) is 41.7 Å². The first-order chi connectivity index (χ1) is 9.17. The molecule has 0 atom stereocenters. The summed E-state index contributed by atoms with van der Waals surface area (Å²) in [5.41, 5.74) is 0.334. The Morgan fingerprint density at radius 2 is 1.74 bits per heavy atom. The van der Waals surface area contributed by atoms with E-state index in [4.69, 9.17) is 25.8 Å². The van der Waals surface area contributed by atoms with Crippen LogP contribution in [0.2, 0.25) is 0 Å². The summed E-state index contributed by atoms with van der Waals surface area (Å²) in [6.07, 6.45) is 0.701. The Balaban J connectivity index is 3.10. The van der Waals surface area contributed by atoms with Gasteiger partial charge in [-0.25, -0.2) is 4.79 Å². The molecule has 0 spiro atoms. The average molecular weight is 289 g/mol. The lowest BCUT2D eigenvalue weighted by Crippen LogP contribution is -2.06. The van der Waals surface area contributed by atoms with Crippen LogP contribution in [0.5, 0.6) is 17.2 Å². The first kappa shape index (κ1) is 15.4. The van der Waals surface area contributed by atoms with Gasteiger partial charge >= 0.3 is 5.97 Å². The first-order valence-electron chi connectivity index (χ1n) is 5.71. The maximum Gasteiger partial charge on any atom is 0.338 e. The summed E-state index contributed by atoms with van der Waals surface area (Å²) >= 11 is 5.60. The number of rotatable bonds is 7. The number of esters is 1. The van der Waals surface area contributed by atoms with Gasteiger partial charge in [0.1, 0.15) is 0 Å². The third kappa shape index (κ3) is 3.92. The van der Waals surface area contributed by atoms with Gasteiger partial charge in [0, 0.05) is 5.88 Å². The van der Waals surface area contributed by atoms with Crippen LogP contribution in [-0.2, 0) is 4.74 Å². The number of carbonyl (C=O) groups excluding carboxylic acids is 1. The summed E-state index contributed by atoms with van der Waals surface area (Å²) in [4.78, 5) is 11.5. The highest BCUT2D eigenvalue weighted by molar-refractivity contribution is 6.17. The summed E-state index contributed by atoms with van der Waals surface area (Å²) in [5, 5.41) is 0. The third-order valence-corrected chi connectivity index (χ3v) is 2.67. The highest BCUT2D eigenvalue weighted by Gasteiger charge is 2.17. The Bertz CT molecular complexity index is 408. The molecule has 0 aliphatic carbocycles. The lowest BCUT2D eigenvalue weighted by Gasteiger charge is -2.15. The molecule has 1 aromatic rings. The molecule has 1 rings (SSSR count). The summed E-state index contributed by atoms with van der Waals surface area (Å²) in [7, 11) is 4.29. The van der Waals surface area contributed by atoms with Crippen LogP contribution >= 0.6 is 11.6 Å². The van der Waals surface area contributed by atoms with E-state index in [1.54, 1.807) is 12.1 Å². The zero-order chi connectivity index (χ0) is 14.3. The van der Waals surface area contributed by atoms with Gasteiger partial charge in [-0.3, -0.25) is 0 Å². The number of alkyl halides is 1. The van der Waals surface area contributed by atoms with Gasteiger partial charge in [-0.15, -0.1) is 11.6 Å². The van der Waals surface area contributed by atoms with Gasteiger partial charge in [-0.05, 0) is 18.6 Å². The third-order valence-electron chi connectivity index (χ3n) is 2.41. The Morgan fingerprint density at radius 3 is 2.16 bits per heavy atom. The van der Waals surface area contributed by atoms with E-state index in [0.717, 1.165) is 0 Å². The molecule has 0 radical (unpaired) electrons. The molecule has 0 fully saturated rings. The molecule has 0 saturated carbocycles. The van der Waals surface area contributed by atoms with Crippen molar-refractivity contribution < 1.29 is 23.7 Å². The van der Waals surface area contributed by atoms with Crippen molar-refractivity contribution in [3.63, 3.8) is 0 Å². The maximum atomic E-state index is 11.5. The molecule has 0 N–H and O–H groups in total. The second-order valence-corrected chi connectivity index (χ2v) is 3.97. The Hall–Kier alpha value is -1.62. The number of hydrogen-bond donors (Lipinski definition) is 0. The van der Waals surface area contributed by atoms with E-state index in [1.165, 1.54) is 21.3 Å². The molecule has 19 heavy (non-hydrogen) atoms. The van der Waals surface area contributed by atoms with Crippen LogP contribution in [-0.4, -0.2) is 39.8 Å². The van der Waals surface area contributed by atoms with Crippen molar-refractivity contribution in [3.05, 3.63) is 17.7 Å². The van der Waals surface area contributed by atoms with Gasteiger partial charge in [0.2, 0.25) is 5.75 Å². The highest BCUT2D eigenvalue weighted by Crippen LogP contribution is 2.38. The van der Waals surface area contributed by atoms with Crippen molar-refractivity contribution in [2.45, 2.75) is 6.42 Å². The Kier molecular flexibility index (Phi) is 6.29. The molecule has 0 aliphatic heterocycles. The van der Waals surface area contributed by atoms with Gasteiger partial charge in [-0.1, -0.05) is 0 Å². The lowest BCUT2D eigenvalue weighted by atomic mass is 10.2. The smallest absolute Gasteiger partial charge is 0.338 e. The second kappa shape index (κ2) is 7.74. The Morgan fingerprint density at radius 1 is 1.16 bits per heavy atom. The minimum absolute atomic E-state index is 0.334. The summed E-state index contributed by atoms with van der Waals surface area (Å²) in [6, 6.07) is 3.09. The molecule has 0 aromatic heterocycles. The second-order valence-electron chi connectivity index (χ2n) is 3.59. The fraction of sp³-hybridized carbons (Fsp3) is 0.462. The van der Waals surface area contributed by atoms with Gasteiger partial charge in [-0.2, -0.15) is 0 Å². The number of ether oxygens (including phenoxy) is 4. The van der Waals surface area contributed by atoms with Gasteiger partial charge in [0.15, 0.2) is 11.5 Å². The molecular weight excluding hydrogens is 272 g/mol. The molecule has 106 valence electrons. The molecule has 6 heteroatoms. The largest absolute Gasteiger partial charge is 0.493 e. The fourth-order valence-electron chi connectivity index (χ4n) is 1.49. The summed E-state index contributed by atoms with van der Waals surface area (Å²) in [5.74, 6) is 1.31. The van der Waals surface area contributed by atoms with Crippen LogP contribution in [0.4, 0.5) is 0 Å². The average Bonchev–Trinajstić information content (AvgIpc) is 2.46. The van der Waals surface area contributed by atoms with Crippen LogP contribution in [0.3, 0.4) is 0 Å². The minimum atomic E-state index is -0.469. The Labute approximate surface area is 117 Å². The van der Waals surface area contributed by atoms with Crippen molar-refractivity contribution in [1.82, 2.24) is 0 Å². The number of benzene rings is 1. The molecule has 0 bridgehead atoms. The van der Waals surface area contributed by atoms with Crippen LogP contribution < -0.4 is 14.2 Å².